The number of halogens is 1. The van der Waals surface area contributed by atoms with Gasteiger partial charge in [0.25, 0.3) is 5.91 Å². The lowest BCUT2D eigenvalue weighted by atomic mass is 10.2. The van der Waals surface area contributed by atoms with Gasteiger partial charge in [0.2, 0.25) is 0 Å². The quantitative estimate of drug-likeness (QED) is 0.403. The summed E-state index contributed by atoms with van der Waals surface area (Å²) in [4.78, 5) is 22.4. The zero-order valence-corrected chi connectivity index (χ0v) is 20.3. The summed E-state index contributed by atoms with van der Waals surface area (Å²) in [5.74, 6) is -0.0379. The van der Waals surface area contributed by atoms with Gasteiger partial charge in [-0.2, -0.15) is 5.10 Å². The first-order valence-corrected chi connectivity index (χ1v) is 12.4. The van der Waals surface area contributed by atoms with E-state index < -0.39 is 0 Å². The van der Waals surface area contributed by atoms with Gasteiger partial charge in [-0.25, -0.2) is 9.67 Å². The lowest BCUT2D eigenvalue weighted by molar-refractivity contribution is 0.0581. The average Bonchev–Trinajstić information content (AvgIpc) is 3.39. The number of aromatic nitrogens is 3. The van der Waals surface area contributed by atoms with Crippen molar-refractivity contribution in [2.45, 2.75) is 26.4 Å². The summed E-state index contributed by atoms with van der Waals surface area (Å²) < 4.78 is 2.93. The molecule has 2 aromatic heterocycles. The first-order chi connectivity index (χ1) is 16.0. The van der Waals surface area contributed by atoms with E-state index in [1.54, 1.807) is 16.0 Å². The maximum atomic E-state index is 13.3. The summed E-state index contributed by atoms with van der Waals surface area (Å²) in [6.07, 6.45) is 0. The number of carbonyl (C=O) groups excluding carboxylic acids is 1. The van der Waals surface area contributed by atoms with Gasteiger partial charge in [-0.1, -0.05) is 54.1 Å². The summed E-state index contributed by atoms with van der Waals surface area (Å²) in [5.41, 5.74) is 3.33. The second kappa shape index (κ2) is 9.25. The third-order valence-electron chi connectivity index (χ3n) is 6.27. The third kappa shape index (κ3) is 4.40. The molecule has 1 atom stereocenters. The molecule has 0 N–H and O–H groups in total. The highest BCUT2D eigenvalue weighted by molar-refractivity contribution is 7.18. The van der Waals surface area contributed by atoms with Gasteiger partial charge >= 0.3 is 0 Å². The number of nitrogens with zero attached hydrogens (tertiary/aromatic N) is 5. The number of amides is 1. The molecule has 3 heterocycles. The summed E-state index contributed by atoms with van der Waals surface area (Å²) in [5, 5.41) is 6.08. The molecule has 6 nitrogen and oxygen atoms in total. The largest absolute Gasteiger partial charge is 0.336 e. The number of benzene rings is 2. The first kappa shape index (κ1) is 22.1. The topological polar surface area (TPSA) is 54.3 Å². The highest BCUT2D eigenvalue weighted by Crippen LogP contribution is 2.30. The highest BCUT2D eigenvalue weighted by atomic mass is 35.5. The van der Waals surface area contributed by atoms with Crippen LogP contribution in [0.5, 0.6) is 0 Å². The van der Waals surface area contributed by atoms with E-state index >= 15 is 0 Å². The molecule has 170 valence electrons. The number of rotatable bonds is 5. The molecule has 0 bridgehead atoms. The SMILES string of the molecule is Cc1nn(Cc2ccccc2)c(Cl)c1C(=O)N1CCN(C(C)c2nc3ccccc3s2)CC1. The van der Waals surface area contributed by atoms with Crippen molar-refractivity contribution in [2.75, 3.05) is 26.2 Å². The van der Waals surface area contributed by atoms with E-state index in [1.165, 1.54) is 4.70 Å². The Morgan fingerprint density at radius 3 is 2.48 bits per heavy atom. The Bertz CT molecular complexity index is 1240. The highest BCUT2D eigenvalue weighted by Gasteiger charge is 2.30. The van der Waals surface area contributed by atoms with Crippen LogP contribution in [0.15, 0.2) is 54.6 Å². The zero-order chi connectivity index (χ0) is 22.9. The van der Waals surface area contributed by atoms with E-state index in [9.17, 15) is 4.79 Å². The molecule has 1 unspecified atom stereocenters. The van der Waals surface area contributed by atoms with Crippen LogP contribution in [0.3, 0.4) is 0 Å². The second-order valence-electron chi connectivity index (χ2n) is 8.42. The fourth-order valence-corrected chi connectivity index (χ4v) is 5.72. The van der Waals surface area contributed by atoms with Crippen molar-refractivity contribution in [2.24, 2.45) is 0 Å². The molecular weight excluding hydrogens is 454 g/mol. The summed E-state index contributed by atoms with van der Waals surface area (Å²) >= 11 is 8.38. The fourth-order valence-electron chi connectivity index (χ4n) is 4.35. The number of piperazine rings is 1. The minimum Gasteiger partial charge on any atom is -0.336 e. The number of aryl methyl sites for hydroxylation is 1. The van der Waals surface area contributed by atoms with Crippen molar-refractivity contribution in [3.63, 3.8) is 0 Å². The van der Waals surface area contributed by atoms with E-state index in [0.717, 1.165) is 29.2 Å². The van der Waals surface area contributed by atoms with Gasteiger partial charge in [-0.15, -0.1) is 11.3 Å². The van der Waals surface area contributed by atoms with Crippen LogP contribution in [-0.2, 0) is 6.54 Å². The molecule has 1 amide bonds. The molecule has 1 saturated heterocycles. The standard InChI is InChI=1S/C25H26ClN5OS/c1-17-22(23(26)31(28-17)16-19-8-4-3-5-9-19)25(32)30-14-12-29(13-15-30)18(2)24-27-20-10-6-7-11-21(20)33-24/h3-11,18H,12-16H2,1-2H3. The Morgan fingerprint density at radius 2 is 1.76 bits per heavy atom. The van der Waals surface area contributed by atoms with Crippen molar-refractivity contribution in [1.29, 1.82) is 0 Å². The van der Waals surface area contributed by atoms with Crippen LogP contribution < -0.4 is 0 Å². The molecule has 8 heteroatoms. The number of thiazole rings is 1. The first-order valence-electron chi connectivity index (χ1n) is 11.2. The molecule has 4 aromatic rings. The Hall–Kier alpha value is -2.74. The molecule has 1 aliphatic rings. The van der Waals surface area contributed by atoms with Gasteiger partial charge in [0.1, 0.15) is 10.2 Å². The molecule has 33 heavy (non-hydrogen) atoms. The summed E-state index contributed by atoms with van der Waals surface area (Å²) in [7, 11) is 0. The molecule has 0 radical (unpaired) electrons. The van der Waals surface area contributed by atoms with E-state index in [0.29, 0.717) is 36.0 Å². The van der Waals surface area contributed by atoms with Crippen LogP contribution in [0.25, 0.3) is 10.2 Å². The van der Waals surface area contributed by atoms with Gasteiger partial charge in [0.05, 0.1) is 34.1 Å². The van der Waals surface area contributed by atoms with Crippen molar-refractivity contribution < 1.29 is 4.79 Å². The predicted octanol–water partition coefficient (Wildman–Crippen LogP) is 5.02. The van der Waals surface area contributed by atoms with Crippen molar-refractivity contribution in [1.82, 2.24) is 24.6 Å². The molecule has 5 rings (SSSR count). The zero-order valence-electron chi connectivity index (χ0n) is 18.7. The van der Waals surface area contributed by atoms with Crippen LogP contribution in [0.4, 0.5) is 0 Å². The monoisotopic (exact) mass is 479 g/mol. The maximum absolute atomic E-state index is 13.3. The lowest BCUT2D eigenvalue weighted by Gasteiger charge is -2.37. The normalized spacial score (nSPS) is 15.8. The van der Waals surface area contributed by atoms with Crippen LogP contribution in [0.2, 0.25) is 5.15 Å². The third-order valence-corrected chi connectivity index (χ3v) is 7.86. The number of carbonyl (C=O) groups is 1. The smallest absolute Gasteiger partial charge is 0.258 e. The van der Waals surface area contributed by atoms with E-state index in [2.05, 4.69) is 35.1 Å². The molecule has 2 aromatic carbocycles. The van der Waals surface area contributed by atoms with Crippen molar-refractivity contribution >= 4 is 39.1 Å². The molecule has 1 aliphatic heterocycles. The van der Waals surface area contributed by atoms with Gasteiger partial charge < -0.3 is 4.90 Å². The van der Waals surface area contributed by atoms with Gasteiger partial charge in [-0.3, -0.25) is 9.69 Å². The van der Waals surface area contributed by atoms with Gasteiger partial charge in [-0.05, 0) is 31.5 Å². The Labute approximate surface area is 202 Å². The van der Waals surface area contributed by atoms with Gasteiger partial charge in [0.15, 0.2) is 0 Å². The summed E-state index contributed by atoms with van der Waals surface area (Å²) in [6.45, 7) is 7.52. The van der Waals surface area contributed by atoms with Crippen molar-refractivity contribution in [3.05, 3.63) is 81.6 Å². The summed E-state index contributed by atoms with van der Waals surface area (Å²) in [6, 6.07) is 18.5. The predicted molar refractivity (Wildman–Crippen MR) is 133 cm³/mol. The minimum absolute atomic E-state index is 0.0379. The van der Waals surface area contributed by atoms with E-state index in [4.69, 9.17) is 16.6 Å². The molecule has 0 saturated carbocycles. The molecular formula is C25H26ClN5OS. The number of para-hydroxylation sites is 1. The Kier molecular flexibility index (Phi) is 6.19. The van der Waals surface area contributed by atoms with E-state index in [-0.39, 0.29) is 11.9 Å². The van der Waals surface area contributed by atoms with Crippen LogP contribution >= 0.6 is 22.9 Å². The van der Waals surface area contributed by atoms with Crippen LogP contribution in [0.1, 0.15) is 39.6 Å². The maximum Gasteiger partial charge on any atom is 0.258 e. The van der Waals surface area contributed by atoms with Gasteiger partial charge in [0, 0.05) is 26.2 Å². The number of fused-ring (bicyclic) bond motifs is 1. The fraction of sp³-hybridized carbons (Fsp3) is 0.320. The molecule has 0 aliphatic carbocycles. The number of hydrogen-bond acceptors (Lipinski definition) is 5. The average molecular weight is 480 g/mol. The minimum atomic E-state index is -0.0379. The molecule has 0 spiro atoms. The van der Waals surface area contributed by atoms with Crippen molar-refractivity contribution in [3.8, 4) is 0 Å². The van der Waals surface area contributed by atoms with E-state index in [1.807, 2.05) is 48.2 Å². The molecule has 1 fully saturated rings. The lowest BCUT2D eigenvalue weighted by Crippen LogP contribution is -2.49. The Morgan fingerprint density at radius 1 is 1.06 bits per heavy atom. The van der Waals surface area contributed by atoms with Crippen LogP contribution in [-0.4, -0.2) is 56.7 Å². The number of hydrogen-bond donors (Lipinski definition) is 0. The Balaban J connectivity index is 1.26. The second-order valence-corrected chi connectivity index (χ2v) is 9.84. The van der Waals surface area contributed by atoms with Crippen LogP contribution in [0, 0.1) is 6.92 Å².